The minimum absolute atomic E-state index is 0.283. The highest BCUT2D eigenvalue weighted by molar-refractivity contribution is 5.98. The average molecular weight is 429 g/mol. The molecule has 32 heavy (non-hydrogen) atoms. The van der Waals surface area contributed by atoms with Gasteiger partial charge in [-0.05, 0) is 54.3 Å². The van der Waals surface area contributed by atoms with Crippen LogP contribution in [0.5, 0.6) is 0 Å². The van der Waals surface area contributed by atoms with E-state index in [1.165, 1.54) is 6.07 Å². The van der Waals surface area contributed by atoms with E-state index in [1.807, 2.05) is 62.4 Å². The van der Waals surface area contributed by atoms with Crippen LogP contribution in [-0.4, -0.2) is 24.5 Å². The molecular weight excluding hydrogens is 406 g/mol. The van der Waals surface area contributed by atoms with Gasteiger partial charge in [0.25, 0.3) is 5.91 Å². The van der Waals surface area contributed by atoms with E-state index >= 15 is 0 Å². The number of fused-ring (bicyclic) bond motifs is 1. The lowest BCUT2D eigenvalue weighted by molar-refractivity contribution is -0.119. The zero-order valence-electron chi connectivity index (χ0n) is 17.9. The first-order valence-corrected chi connectivity index (χ1v) is 10.3. The van der Waals surface area contributed by atoms with Crippen LogP contribution in [0, 0.1) is 13.8 Å². The summed E-state index contributed by atoms with van der Waals surface area (Å²) in [6.45, 7) is 3.39. The second-order valence-corrected chi connectivity index (χ2v) is 7.77. The Morgan fingerprint density at radius 1 is 1.00 bits per heavy atom. The fraction of sp³-hybridized carbons (Fsp3) is 0.192. The van der Waals surface area contributed by atoms with Crippen LogP contribution in [0.15, 0.2) is 66.7 Å². The summed E-state index contributed by atoms with van der Waals surface area (Å²) >= 11 is 0. The second-order valence-electron chi connectivity index (χ2n) is 7.77. The minimum Gasteiger partial charge on any atom is -0.454 e. The first-order valence-electron chi connectivity index (χ1n) is 10.3. The predicted octanol–water partition coefficient (Wildman–Crippen LogP) is 4.55. The molecule has 0 aromatic heterocycles. The first kappa shape index (κ1) is 21.3. The number of aryl methyl sites for hydroxylation is 2. The Labute approximate surface area is 186 Å². The van der Waals surface area contributed by atoms with Crippen LogP contribution in [0.25, 0.3) is 0 Å². The second kappa shape index (κ2) is 9.06. The summed E-state index contributed by atoms with van der Waals surface area (Å²) in [4.78, 5) is 37.2. The fourth-order valence-electron chi connectivity index (χ4n) is 3.78. The molecule has 1 aliphatic heterocycles. The van der Waals surface area contributed by atoms with Gasteiger partial charge in [-0.1, -0.05) is 48.5 Å². The van der Waals surface area contributed by atoms with Crippen LogP contribution in [0.3, 0.4) is 0 Å². The Morgan fingerprint density at radius 2 is 1.72 bits per heavy atom. The number of para-hydroxylation sites is 1. The van der Waals surface area contributed by atoms with Gasteiger partial charge >= 0.3 is 11.9 Å². The van der Waals surface area contributed by atoms with Crippen molar-refractivity contribution in [2.45, 2.75) is 26.4 Å². The van der Waals surface area contributed by atoms with Gasteiger partial charge in [0.15, 0.2) is 6.61 Å². The summed E-state index contributed by atoms with van der Waals surface area (Å²) in [6, 6.07) is 19.9. The van der Waals surface area contributed by atoms with Gasteiger partial charge in [-0.25, -0.2) is 9.59 Å². The van der Waals surface area contributed by atoms with Gasteiger partial charge in [0.05, 0.1) is 11.1 Å². The lowest BCUT2D eigenvalue weighted by Gasteiger charge is -2.25. The molecule has 6 heteroatoms. The number of anilines is 1. The van der Waals surface area contributed by atoms with Crippen molar-refractivity contribution in [1.29, 1.82) is 0 Å². The molecule has 0 saturated carbocycles. The lowest BCUT2D eigenvalue weighted by atomic mass is 9.93. The van der Waals surface area contributed by atoms with E-state index in [9.17, 15) is 14.4 Å². The standard InChI is InChI=1S/C26H23NO5/c1-16-7-6-8-17(2)24(16)27-23(28)15-31-25(29)19-11-12-21-20(13-19)14-22(32-26(21)30)18-9-4-3-5-10-18/h3-13,22H,14-15H2,1-2H3,(H,27,28). The Kier molecular flexibility index (Phi) is 6.03. The van der Waals surface area contributed by atoms with Crippen molar-refractivity contribution in [3.8, 4) is 0 Å². The van der Waals surface area contributed by atoms with Crippen molar-refractivity contribution in [3.05, 3.63) is 100 Å². The summed E-state index contributed by atoms with van der Waals surface area (Å²) in [7, 11) is 0. The van der Waals surface area contributed by atoms with E-state index in [1.54, 1.807) is 12.1 Å². The smallest absolute Gasteiger partial charge is 0.339 e. The molecule has 0 saturated heterocycles. The molecule has 6 nitrogen and oxygen atoms in total. The maximum atomic E-state index is 12.5. The molecule has 162 valence electrons. The monoisotopic (exact) mass is 429 g/mol. The molecule has 0 aliphatic carbocycles. The molecule has 3 aromatic rings. The fourth-order valence-corrected chi connectivity index (χ4v) is 3.78. The third kappa shape index (κ3) is 4.54. The minimum atomic E-state index is -0.625. The van der Waals surface area contributed by atoms with E-state index in [2.05, 4.69) is 5.32 Å². The summed E-state index contributed by atoms with van der Waals surface area (Å²) in [5, 5.41) is 2.79. The Balaban J connectivity index is 1.43. The molecule has 4 rings (SSSR count). The summed E-state index contributed by atoms with van der Waals surface area (Å²) in [5.74, 6) is -1.46. The molecule has 0 spiro atoms. The van der Waals surface area contributed by atoms with Gasteiger partial charge in [0.1, 0.15) is 6.10 Å². The number of cyclic esters (lactones) is 1. The summed E-state index contributed by atoms with van der Waals surface area (Å²) < 4.78 is 10.7. The average Bonchev–Trinajstić information content (AvgIpc) is 2.80. The van der Waals surface area contributed by atoms with Crippen LogP contribution < -0.4 is 5.32 Å². The molecule has 1 unspecified atom stereocenters. The molecule has 1 amide bonds. The van der Waals surface area contributed by atoms with Gasteiger partial charge in [-0.2, -0.15) is 0 Å². The number of hydrogen-bond acceptors (Lipinski definition) is 5. The van der Waals surface area contributed by atoms with E-state index in [4.69, 9.17) is 9.47 Å². The maximum absolute atomic E-state index is 12.5. The topological polar surface area (TPSA) is 81.7 Å². The van der Waals surface area contributed by atoms with E-state index in [0.717, 1.165) is 16.7 Å². The van der Waals surface area contributed by atoms with E-state index in [-0.39, 0.29) is 5.56 Å². The highest BCUT2D eigenvalue weighted by Crippen LogP contribution is 2.31. The van der Waals surface area contributed by atoms with Crippen molar-refractivity contribution in [1.82, 2.24) is 0 Å². The Hall–Kier alpha value is -3.93. The van der Waals surface area contributed by atoms with Gasteiger partial charge in [-0.15, -0.1) is 0 Å². The van der Waals surface area contributed by atoms with Crippen molar-refractivity contribution in [3.63, 3.8) is 0 Å². The number of rotatable bonds is 5. The van der Waals surface area contributed by atoms with Crippen LogP contribution in [0.4, 0.5) is 5.69 Å². The van der Waals surface area contributed by atoms with E-state index < -0.39 is 30.6 Å². The SMILES string of the molecule is Cc1cccc(C)c1NC(=O)COC(=O)c1ccc2c(c1)CC(c1ccccc1)OC2=O. The van der Waals surface area contributed by atoms with E-state index in [0.29, 0.717) is 23.2 Å². The van der Waals surface area contributed by atoms with Crippen LogP contribution in [0.1, 0.15) is 49.1 Å². The van der Waals surface area contributed by atoms with Crippen molar-refractivity contribution < 1.29 is 23.9 Å². The quantitative estimate of drug-likeness (QED) is 0.602. The van der Waals surface area contributed by atoms with Gasteiger partial charge in [-0.3, -0.25) is 4.79 Å². The Morgan fingerprint density at radius 3 is 2.44 bits per heavy atom. The Bertz CT molecular complexity index is 1170. The van der Waals surface area contributed by atoms with Gasteiger partial charge in [0, 0.05) is 12.1 Å². The number of hydrogen-bond donors (Lipinski definition) is 1. The maximum Gasteiger partial charge on any atom is 0.339 e. The van der Waals surface area contributed by atoms with Crippen LogP contribution in [-0.2, 0) is 20.7 Å². The zero-order valence-corrected chi connectivity index (χ0v) is 17.9. The predicted molar refractivity (Wildman–Crippen MR) is 120 cm³/mol. The largest absolute Gasteiger partial charge is 0.454 e. The van der Waals surface area contributed by atoms with Gasteiger partial charge in [0.2, 0.25) is 0 Å². The molecule has 3 aromatic carbocycles. The normalized spacial score (nSPS) is 14.8. The number of esters is 2. The number of carbonyl (C=O) groups is 3. The number of benzene rings is 3. The van der Waals surface area contributed by atoms with Crippen molar-refractivity contribution in [2.75, 3.05) is 11.9 Å². The summed E-state index contributed by atoms with van der Waals surface area (Å²) in [5.41, 5.74) is 4.89. The molecule has 1 aliphatic rings. The lowest BCUT2D eigenvalue weighted by Crippen LogP contribution is -2.23. The molecule has 0 radical (unpaired) electrons. The third-order valence-electron chi connectivity index (χ3n) is 5.47. The highest BCUT2D eigenvalue weighted by Gasteiger charge is 2.28. The molecule has 1 atom stereocenters. The zero-order chi connectivity index (χ0) is 22.7. The highest BCUT2D eigenvalue weighted by atomic mass is 16.5. The molecule has 0 bridgehead atoms. The number of amides is 1. The van der Waals surface area contributed by atoms with Gasteiger partial charge < -0.3 is 14.8 Å². The molecule has 0 fully saturated rings. The van der Waals surface area contributed by atoms with Crippen molar-refractivity contribution >= 4 is 23.5 Å². The summed E-state index contributed by atoms with van der Waals surface area (Å²) in [6.07, 6.45) is 0.0461. The molecule has 1 N–H and O–H groups in total. The van der Waals surface area contributed by atoms with Crippen LogP contribution >= 0.6 is 0 Å². The first-order chi connectivity index (χ1) is 15.4. The third-order valence-corrected chi connectivity index (χ3v) is 5.47. The van der Waals surface area contributed by atoms with Crippen LogP contribution in [0.2, 0.25) is 0 Å². The molecular formula is C26H23NO5. The number of nitrogens with one attached hydrogen (secondary N) is 1. The van der Waals surface area contributed by atoms with Crippen molar-refractivity contribution in [2.24, 2.45) is 0 Å². The number of carbonyl (C=O) groups excluding carboxylic acids is 3. The number of ether oxygens (including phenoxy) is 2. The molecule has 1 heterocycles.